The fourth-order valence-electron chi connectivity index (χ4n) is 5.30. The second-order valence-electron chi connectivity index (χ2n) is 11.2. The first-order valence-electron chi connectivity index (χ1n) is 13.6. The van der Waals surface area contributed by atoms with Crippen molar-refractivity contribution >= 4 is 23.4 Å². The first-order chi connectivity index (χ1) is 18.8. The number of halogens is 4. The van der Waals surface area contributed by atoms with E-state index in [-0.39, 0.29) is 23.2 Å². The minimum Gasteiger partial charge on any atom is -0.346 e. The molecule has 1 heterocycles. The maximum Gasteiger partial charge on any atom is 0.405 e. The Kier molecular flexibility index (Phi) is 8.55. The number of nitrogens with one attached hydrogen (secondary N) is 3. The van der Waals surface area contributed by atoms with E-state index in [0.29, 0.717) is 23.1 Å². The van der Waals surface area contributed by atoms with Gasteiger partial charge in [0, 0.05) is 12.2 Å². The number of aryl methyl sites for hydroxylation is 1. The van der Waals surface area contributed by atoms with E-state index in [1.165, 1.54) is 19.2 Å². The fraction of sp³-hybridized carbons (Fsp3) is 0.571. The maximum atomic E-state index is 15.2. The topological polar surface area (TPSA) is 105 Å². The molecule has 0 spiro atoms. The van der Waals surface area contributed by atoms with Gasteiger partial charge in [-0.25, -0.2) is 4.39 Å². The van der Waals surface area contributed by atoms with Crippen LogP contribution in [-0.2, 0) is 9.59 Å². The number of amides is 3. The van der Waals surface area contributed by atoms with Gasteiger partial charge in [0.25, 0.3) is 5.91 Å². The summed E-state index contributed by atoms with van der Waals surface area (Å²) in [6, 6.07) is 3.03. The zero-order valence-electron chi connectivity index (χ0n) is 22.9. The van der Waals surface area contributed by atoms with E-state index < -0.39 is 48.2 Å². The van der Waals surface area contributed by atoms with Crippen LogP contribution in [-0.4, -0.2) is 46.3 Å². The van der Waals surface area contributed by atoms with Crippen LogP contribution < -0.4 is 16.0 Å². The standard InChI is InChI=1S/C28H35F4N5O3/c1-14(2)37-22(9-10-34-37)26(39)36-24(23(17-5-6-17)18-7-8-18)27(40)35-21-11-15(3)19(12-20(21)29)16(4)25(38)33-13-28(30,31)32/h9-12,14,16-18,23-24H,5-8,13H2,1-4H3,(H,33,38)(H,35,40)(H,36,39)/t16-,24-/m0/s1. The molecule has 1 aromatic carbocycles. The Morgan fingerprint density at radius 2 is 1.68 bits per heavy atom. The lowest BCUT2D eigenvalue weighted by atomic mass is 9.88. The van der Waals surface area contributed by atoms with E-state index in [1.807, 2.05) is 19.2 Å². The van der Waals surface area contributed by atoms with Gasteiger partial charge >= 0.3 is 6.18 Å². The smallest absolute Gasteiger partial charge is 0.346 e. The molecule has 3 N–H and O–H groups in total. The number of aromatic nitrogens is 2. The van der Waals surface area contributed by atoms with Crippen LogP contribution in [0.5, 0.6) is 0 Å². The number of anilines is 1. The SMILES string of the molecule is Cc1cc(NC(=O)[C@@H](NC(=O)c2ccnn2C(C)C)C(C2CC2)C2CC2)c(F)cc1[C@H](C)C(=O)NCC(F)(F)F. The molecule has 2 aliphatic rings. The molecule has 2 aliphatic carbocycles. The molecule has 8 nitrogen and oxygen atoms in total. The predicted octanol–water partition coefficient (Wildman–Crippen LogP) is 4.87. The largest absolute Gasteiger partial charge is 0.405 e. The first-order valence-corrected chi connectivity index (χ1v) is 13.6. The van der Waals surface area contributed by atoms with E-state index in [1.54, 1.807) is 17.7 Å². The Balaban J connectivity index is 1.54. The third kappa shape index (κ3) is 7.00. The minimum absolute atomic E-state index is 0.0702. The number of hydrogen-bond acceptors (Lipinski definition) is 4. The van der Waals surface area contributed by atoms with Crippen molar-refractivity contribution < 1.29 is 31.9 Å². The van der Waals surface area contributed by atoms with Crippen molar-refractivity contribution in [3.63, 3.8) is 0 Å². The van der Waals surface area contributed by atoms with Crippen molar-refractivity contribution in [1.82, 2.24) is 20.4 Å². The van der Waals surface area contributed by atoms with Gasteiger partial charge in [-0.05, 0) is 100 Å². The molecule has 0 radical (unpaired) electrons. The number of carbonyl (C=O) groups excluding carboxylic acids is 3. The molecule has 2 atom stereocenters. The molecule has 40 heavy (non-hydrogen) atoms. The Bertz CT molecular complexity index is 1260. The van der Waals surface area contributed by atoms with Crippen LogP contribution in [0.1, 0.15) is 80.0 Å². The number of carbonyl (C=O) groups is 3. The molecule has 218 valence electrons. The molecule has 12 heteroatoms. The van der Waals surface area contributed by atoms with E-state index in [0.717, 1.165) is 31.7 Å². The van der Waals surface area contributed by atoms with Gasteiger partial charge in [0.05, 0.1) is 11.6 Å². The molecule has 4 rings (SSSR count). The Morgan fingerprint density at radius 3 is 2.23 bits per heavy atom. The van der Waals surface area contributed by atoms with E-state index in [9.17, 15) is 27.6 Å². The van der Waals surface area contributed by atoms with Crippen molar-refractivity contribution in [2.75, 3.05) is 11.9 Å². The van der Waals surface area contributed by atoms with Gasteiger partial charge in [0.15, 0.2) is 0 Å². The highest BCUT2D eigenvalue weighted by molar-refractivity contribution is 6.01. The second-order valence-corrected chi connectivity index (χ2v) is 11.2. The summed E-state index contributed by atoms with van der Waals surface area (Å²) in [6.07, 6.45) is 0.793. The number of benzene rings is 1. The van der Waals surface area contributed by atoms with Crippen LogP contribution >= 0.6 is 0 Å². The van der Waals surface area contributed by atoms with E-state index in [4.69, 9.17) is 0 Å². The molecule has 0 unspecified atom stereocenters. The van der Waals surface area contributed by atoms with Crippen molar-refractivity contribution in [3.8, 4) is 0 Å². The average Bonchev–Trinajstić information content (AvgIpc) is 3.82. The van der Waals surface area contributed by atoms with E-state index in [2.05, 4.69) is 15.7 Å². The van der Waals surface area contributed by atoms with Crippen LogP contribution in [0.3, 0.4) is 0 Å². The van der Waals surface area contributed by atoms with Crippen LogP contribution in [0.2, 0.25) is 0 Å². The fourth-order valence-corrected chi connectivity index (χ4v) is 5.30. The van der Waals surface area contributed by atoms with Crippen LogP contribution in [0, 0.1) is 30.5 Å². The van der Waals surface area contributed by atoms with Gasteiger partial charge in [0.2, 0.25) is 11.8 Å². The van der Waals surface area contributed by atoms with Crippen LogP contribution in [0.15, 0.2) is 24.4 Å². The minimum atomic E-state index is -4.57. The summed E-state index contributed by atoms with van der Waals surface area (Å²) in [6.45, 7) is 5.26. The highest BCUT2D eigenvalue weighted by Crippen LogP contribution is 2.51. The molecule has 0 saturated heterocycles. The van der Waals surface area contributed by atoms with Crippen molar-refractivity contribution in [3.05, 3.63) is 47.0 Å². The second kappa shape index (κ2) is 11.6. The lowest BCUT2D eigenvalue weighted by molar-refractivity contribution is -0.139. The normalized spacial score (nSPS) is 17.1. The lowest BCUT2D eigenvalue weighted by Crippen LogP contribution is -2.50. The summed E-state index contributed by atoms with van der Waals surface area (Å²) in [5, 5.41) is 11.5. The molecule has 1 aromatic heterocycles. The summed E-state index contributed by atoms with van der Waals surface area (Å²) in [5.74, 6) is -3.25. The van der Waals surface area contributed by atoms with Gasteiger partial charge < -0.3 is 16.0 Å². The number of hydrogen-bond donors (Lipinski definition) is 3. The average molecular weight is 566 g/mol. The van der Waals surface area contributed by atoms with Gasteiger partial charge in [0.1, 0.15) is 24.1 Å². The molecule has 0 aliphatic heterocycles. The number of alkyl halides is 3. The lowest BCUT2D eigenvalue weighted by Gasteiger charge is -2.28. The maximum absolute atomic E-state index is 15.2. The third-order valence-corrected chi connectivity index (χ3v) is 7.62. The Labute approximate surface area is 230 Å². The zero-order valence-corrected chi connectivity index (χ0v) is 22.9. The van der Waals surface area contributed by atoms with Crippen molar-refractivity contribution in [1.29, 1.82) is 0 Å². The summed E-state index contributed by atoms with van der Waals surface area (Å²) in [5.41, 5.74) is 0.817. The van der Waals surface area contributed by atoms with E-state index >= 15 is 4.39 Å². The predicted molar refractivity (Wildman–Crippen MR) is 140 cm³/mol. The zero-order chi connectivity index (χ0) is 29.4. The summed E-state index contributed by atoms with van der Waals surface area (Å²) in [4.78, 5) is 39.1. The summed E-state index contributed by atoms with van der Waals surface area (Å²) in [7, 11) is 0. The molecule has 2 fully saturated rings. The van der Waals surface area contributed by atoms with Gasteiger partial charge in [-0.15, -0.1) is 0 Å². The molecule has 0 bridgehead atoms. The van der Waals surface area contributed by atoms with Gasteiger partial charge in [-0.2, -0.15) is 18.3 Å². The Morgan fingerprint density at radius 1 is 1.05 bits per heavy atom. The molecule has 2 saturated carbocycles. The van der Waals surface area contributed by atoms with Crippen LogP contribution in [0.4, 0.5) is 23.2 Å². The molecular weight excluding hydrogens is 530 g/mol. The monoisotopic (exact) mass is 565 g/mol. The molecule has 3 amide bonds. The Hall–Kier alpha value is -3.44. The van der Waals surface area contributed by atoms with Gasteiger partial charge in [-0.1, -0.05) is 0 Å². The summed E-state index contributed by atoms with van der Waals surface area (Å²) >= 11 is 0. The van der Waals surface area contributed by atoms with Crippen molar-refractivity contribution in [2.24, 2.45) is 17.8 Å². The first kappa shape index (κ1) is 29.5. The molecule has 2 aromatic rings. The number of nitrogens with zero attached hydrogens (tertiary/aromatic N) is 2. The van der Waals surface area contributed by atoms with Crippen molar-refractivity contribution in [2.45, 2.75) is 77.6 Å². The highest BCUT2D eigenvalue weighted by atomic mass is 19.4. The van der Waals surface area contributed by atoms with Crippen LogP contribution in [0.25, 0.3) is 0 Å². The molecular formula is C28H35F4N5O3. The highest BCUT2D eigenvalue weighted by Gasteiger charge is 2.48. The third-order valence-electron chi connectivity index (χ3n) is 7.62. The van der Waals surface area contributed by atoms with Gasteiger partial charge in [-0.3, -0.25) is 19.1 Å². The quantitative estimate of drug-likeness (QED) is 0.338. The number of rotatable bonds is 11. The summed E-state index contributed by atoms with van der Waals surface area (Å²) < 4.78 is 54.3.